The van der Waals surface area contributed by atoms with Crippen molar-refractivity contribution < 1.29 is 47.8 Å². The molecule has 0 radical (unpaired) electrons. The molecule has 19 heteroatoms. The van der Waals surface area contributed by atoms with Crippen LogP contribution in [-0.4, -0.2) is 142 Å². The molecule has 5 N–H and O–H groups in total. The summed E-state index contributed by atoms with van der Waals surface area (Å²) in [5, 5.41) is 16.6. The summed E-state index contributed by atoms with van der Waals surface area (Å²) in [6.07, 6.45) is 14.9. The predicted molar refractivity (Wildman–Crippen MR) is 317 cm³/mol. The summed E-state index contributed by atoms with van der Waals surface area (Å²) in [7, 11) is 3.03. The van der Waals surface area contributed by atoms with Crippen LogP contribution in [0.2, 0.25) is 0 Å². The van der Waals surface area contributed by atoms with Crippen molar-refractivity contribution in [2.75, 3.05) is 32.5 Å². The minimum Gasteiger partial charge on any atom is -0.444 e. The number of nitrogens with one attached hydrogen (secondary N) is 5. The van der Waals surface area contributed by atoms with Gasteiger partial charge in [0.2, 0.25) is 35.4 Å². The molecule has 6 aliphatic rings. The minimum absolute atomic E-state index is 0.0919. The van der Waals surface area contributed by atoms with Crippen LogP contribution < -0.4 is 26.6 Å². The zero-order valence-corrected chi connectivity index (χ0v) is 51.2. The number of benzene rings is 2. The summed E-state index contributed by atoms with van der Waals surface area (Å²) in [4.78, 5) is 118. The van der Waals surface area contributed by atoms with Crippen molar-refractivity contribution in [1.29, 1.82) is 0 Å². The predicted octanol–water partition coefficient (Wildman–Crippen LogP) is 9.04. The molecule has 0 bridgehead atoms. The molecule has 2 aromatic rings. The van der Waals surface area contributed by atoms with E-state index >= 15 is 0 Å². The van der Waals surface area contributed by atoms with Gasteiger partial charge in [-0.1, -0.05) is 62.8 Å². The summed E-state index contributed by atoms with van der Waals surface area (Å²) in [5.74, 6) is -2.01. The maximum absolute atomic E-state index is 14.7. The summed E-state index contributed by atoms with van der Waals surface area (Å²) < 4.78 is 11.0. The number of carbonyl (C=O) groups excluding carboxylic acids is 8. The lowest BCUT2D eigenvalue weighted by Crippen LogP contribution is -2.59. The summed E-state index contributed by atoms with van der Waals surface area (Å²) in [6, 6.07) is 6.92. The Bertz CT molecular complexity index is 2510. The van der Waals surface area contributed by atoms with Crippen LogP contribution in [0.25, 0.3) is 0 Å². The van der Waals surface area contributed by atoms with Gasteiger partial charge in [0.25, 0.3) is 0 Å². The molecule has 8 atom stereocenters. The number of hydrogen-bond acceptors (Lipinski definition) is 11. The number of anilines is 2. The molecule has 83 heavy (non-hydrogen) atoms. The Hall–Kier alpha value is -6.40. The number of fused-ring (bicyclic) bond motifs is 2. The van der Waals surface area contributed by atoms with E-state index in [2.05, 4.69) is 50.8 Å². The van der Waals surface area contributed by atoms with Crippen LogP contribution in [0, 0.1) is 11.8 Å². The quantitative estimate of drug-likeness (QED) is 0.107. The van der Waals surface area contributed by atoms with Crippen molar-refractivity contribution in [1.82, 2.24) is 40.9 Å². The van der Waals surface area contributed by atoms with Crippen LogP contribution >= 0.6 is 0 Å². The number of rotatable bonds is 16. The highest BCUT2D eigenvalue weighted by atomic mass is 16.6. The van der Waals surface area contributed by atoms with Gasteiger partial charge in [-0.25, -0.2) is 9.59 Å². The van der Waals surface area contributed by atoms with Crippen molar-refractivity contribution in [3.63, 3.8) is 0 Å². The van der Waals surface area contributed by atoms with Gasteiger partial charge in [0.1, 0.15) is 47.5 Å². The van der Waals surface area contributed by atoms with E-state index in [1.54, 1.807) is 65.2 Å². The van der Waals surface area contributed by atoms with Gasteiger partial charge in [-0.15, -0.1) is 0 Å². The zero-order chi connectivity index (χ0) is 59.9. The third-order valence-electron chi connectivity index (χ3n) is 18.2. The van der Waals surface area contributed by atoms with E-state index in [1.165, 1.54) is 23.9 Å². The van der Waals surface area contributed by atoms with Crippen LogP contribution in [0.3, 0.4) is 0 Å². The zero-order valence-electron chi connectivity index (χ0n) is 51.2. The Labute approximate surface area is 492 Å². The van der Waals surface area contributed by atoms with Gasteiger partial charge >= 0.3 is 12.2 Å². The fourth-order valence-electron chi connectivity index (χ4n) is 13.5. The highest BCUT2D eigenvalue weighted by Gasteiger charge is 2.45. The van der Waals surface area contributed by atoms with Gasteiger partial charge in [0, 0.05) is 38.6 Å². The monoisotopic (exact) mass is 1150 g/mol. The smallest absolute Gasteiger partial charge is 0.410 e. The van der Waals surface area contributed by atoms with E-state index in [9.17, 15) is 38.4 Å². The molecular weight excluding hydrogens is 1050 g/mol. The molecule has 8 rings (SSSR count). The van der Waals surface area contributed by atoms with E-state index in [1.807, 2.05) is 12.1 Å². The maximum atomic E-state index is 14.7. The van der Waals surface area contributed by atoms with Crippen LogP contribution in [0.4, 0.5) is 21.0 Å². The molecule has 2 aromatic carbocycles. The molecule has 456 valence electrons. The topological polar surface area (TPSA) is 228 Å². The fraction of sp³-hybridized carbons (Fsp3) is 0.688. The standard InChI is InChI=1S/C64H95N9O10/c1-39(70(9)61(80)82-63(3,4)5)55(74)68-53(41-23-13-11-14-24-41)59(78)72-37-21-35-51(72)57(76)66-49-33-19-27-43-45(49)29-17-31-47(43)65-48-32-18-30-46-44(48)28-20-34-50(46)67-58(77)52-36-22-38-73(52)60(79)54(42-25-15-12-16-26-42)69-56(75)40(2)71(10)62(81)83-64(6,7)8/h17-18,29-32,39-42,49-54,65H,11-16,19-28,33-38H2,1-10H3,(H,66,76)(H,67,77)(H,68,74)(H,69,75)/t39-,40-,49+,50+,51-,52-,53-,54-/m0/s1. The lowest BCUT2D eigenvalue weighted by Gasteiger charge is -2.36. The molecule has 8 amide bonds. The van der Waals surface area contributed by atoms with Gasteiger partial charge in [0.05, 0.1) is 12.1 Å². The summed E-state index contributed by atoms with van der Waals surface area (Å²) >= 11 is 0. The number of amides is 8. The summed E-state index contributed by atoms with van der Waals surface area (Å²) in [5.41, 5.74) is 4.69. The van der Waals surface area contributed by atoms with Gasteiger partial charge in [-0.05, 0) is 192 Å². The van der Waals surface area contributed by atoms with E-state index in [0.29, 0.717) is 38.8 Å². The average molecular weight is 1150 g/mol. The van der Waals surface area contributed by atoms with Crippen LogP contribution in [0.1, 0.15) is 205 Å². The Kier molecular flexibility index (Phi) is 20.5. The second-order valence-electron chi connectivity index (χ2n) is 26.5. The molecular formula is C64H95N9O10. The number of hydrogen-bond donors (Lipinski definition) is 5. The first-order valence-corrected chi connectivity index (χ1v) is 31.2. The first-order chi connectivity index (χ1) is 39.4. The molecule has 2 heterocycles. The maximum Gasteiger partial charge on any atom is 0.410 e. The van der Waals surface area contributed by atoms with Crippen LogP contribution in [0.5, 0.6) is 0 Å². The van der Waals surface area contributed by atoms with Gasteiger partial charge in [0.15, 0.2) is 0 Å². The second kappa shape index (κ2) is 27.1. The minimum atomic E-state index is -0.897. The summed E-state index contributed by atoms with van der Waals surface area (Å²) in [6.45, 7) is 14.7. The van der Waals surface area contributed by atoms with Gasteiger partial charge in [-0.3, -0.25) is 38.6 Å². The highest BCUT2D eigenvalue weighted by Crippen LogP contribution is 2.40. The number of likely N-dealkylation sites (tertiary alicyclic amines) is 2. The molecule has 0 unspecified atom stereocenters. The van der Waals surface area contributed by atoms with Crippen molar-refractivity contribution in [2.45, 2.75) is 243 Å². The Morgan fingerprint density at radius 3 is 1.24 bits per heavy atom. The average Bonchev–Trinajstić information content (AvgIpc) is 4.26. The number of nitrogens with zero attached hydrogens (tertiary/aromatic N) is 4. The van der Waals surface area contributed by atoms with Crippen LogP contribution in [0.15, 0.2) is 36.4 Å². The third kappa shape index (κ3) is 15.3. The molecule has 19 nitrogen and oxygen atoms in total. The third-order valence-corrected chi connectivity index (χ3v) is 18.2. The SMILES string of the molecule is C[C@@H](C(=O)N[C@H](C(=O)N1CCC[C@H]1C(=O)N[C@@H]1CCCc2c(Nc3cccc4c3CCC[C@H]4NC(=O)[C@@H]3CCCN3C(=O)[C@@H](NC(=O)[C@H](C)N(C)C(=O)OC(C)(C)C)C3CCCCC3)cccc21)C1CCCCC1)N(C)C(=O)OC(C)(C)C. The van der Waals surface area contributed by atoms with Crippen molar-refractivity contribution in [3.8, 4) is 0 Å². The normalized spacial score (nSPS) is 22.8. The lowest BCUT2D eigenvalue weighted by molar-refractivity contribution is -0.143. The highest BCUT2D eigenvalue weighted by molar-refractivity contribution is 5.96. The molecule has 2 saturated carbocycles. The van der Waals surface area contributed by atoms with E-state index < -0.39 is 71.5 Å². The van der Waals surface area contributed by atoms with E-state index in [0.717, 1.165) is 136 Å². The Morgan fingerprint density at radius 2 is 0.880 bits per heavy atom. The molecule has 4 fully saturated rings. The lowest BCUT2D eigenvalue weighted by atomic mass is 9.83. The van der Waals surface area contributed by atoms with Crippen molar-refractivity contribution in [2.24, 2.45) is 11.8 Å². The van der Waals surface area contributed by atoms with Gasteiger partial charge in [-0.2, -0.15) is 0 Å². The molecule has 0 spiro atoms. The van der Waals surface area contributed by atoms with Crippen molar-refractivity contribution in [3.05, 3.63) is 58.7 Å². The molecule has 2 aliphatic heterocycles. The number of carbonyl (C=O) groups is 8. The second-order valence-corrected chi connectivity index (χ2v) is 26.5. The van der Waals surface area contributed by atoms with Crippen molar-refractivity contribution >= 4 is 59.0 Å². The number of ether oxygens (including phenoxy) is 2. The largest absolute Gasteiger partial charge is 0.444 e. The Balaban J connectivity index is 0.926. The fourth-order valence-corrected chi connectivity index (χ4v) is 13.5. The number of likely N-dealkylation sites (N-methyl/N-ethyl adjacent to an activating group) is 2. The first kappa shape index (κ1) is 62.6. The van der Waals surface area contributed by atoms with Gasteiger partial charge < -0.3 is 45.9 Å². The van der Waals surface area contributed by atoms with Crippen LogP contribution in [-0.2, 0) is 51.1 Å². The first-order valence-electron chi connectivity index (χ1n) is 31.2. The molecule has 4 aliphatic carbocycles. The molecule has 0 aromatic heterocycles. The van der Waals surface area contributed by atoms with E-state index in [4.69, 9.17) is 9.47 Å². The Morgan fingerprint density at radius 1 is 0.506 bits per heavy atom. The molecule has 2 saturated heterocycles. The van der Waals surface area contributed by atoms with E-state index in [-0.39, 0.29) is 47.5 Å².